The summed E-state index contributed by atoms with van der Waals surface area (Å²) in [5, 5.41) is 0. The lowest BCUT2D eigenvalue weighted by Gasteiger charge is -2.33. The quantitative estimate of drug-likeness (QED) is 0.674. The van der Waals surface area contributed by atoms with E-state index in [0.717, 1.165) is 12.8 Å². The fourth-order valence-electron chi connectivity index (χ4n) is 2.35. The summed E-state index contributed by atoms with van der Waals surface area (Å²) in [5.41, 5.74) is 0.298. The van der Waals surface area contributed by atoms with E-state index in [1.165, 1.54) is 12.1 Å². The minimum atomic E-state index is -4.64. The topological polar surface area (TPSA) is 37.4 Å². The Morgan fingerprint density at radius 3 is 2.24 bits per heavy atom. The summed E-state index contributed by atoms with van der Waals surface area (Å²) in [6, 6.07) is 5.92. The molecule has 7 heteroatoms. The van der Waals surface area contributed by atoms with Crippen molar-refractivity contribution in [3.05, 3.63) is 24.3 Å². The van der Waals surface area contributed by atoms with Gasteiger partial charge in [-0.3, -0.25) is 0 Å². The molecule has 0 radical (unpaired) electrons. The van der Waals surface area contributed by atoms with Gasteiger partial charge in [-0.2, -0.15) is 8.78 Å². The minimum absolute atomic E-state index is 0.0535. The van der Waals surface area contributed by atoms with Gasteiger partial charge in [-0.05, 0) is 25.0 Å². The average molecular weight is 340 g/mol. The van der Waals surface area contributed by atoms with Crippen molar-refractivity contribution in [3.63, 3.8) is 0 Å². The largest absolute Gasteiger partial charge is 0.366 e. The molecule has 0 unspecified atom stereocenters. The summed E-state index contributed by atoms with van der Waals surface area (Å²) in [7, 11) is -4.64. The fourth-order valence-corrected chi connectivity index (χ4v) is 3.47. The minimum Gasteiger partial charge on any atom is -0.366 e. The number of halogens is 3. The van der Waals surface area contributed by atoms with Gasteiger partial charge in [0, 0.05) is 18.5 Å². The molecule has 120 valence electrons. The SMILES string of the molecule is CCC(CC)N(CCCl)c1ccccc1S(=O)(=O)C(F)F. The van der Waals surface area contributed by atoms with E-state index < -0.39 is 15.6 Å². The van der Waals surface area contributed by atoms with Gasteiger partial charge in [0.15, 0.2) is 0 Å². The third-order valence-corrected chi connectivity index (χ3v) is 5.02. The molecular formula is C14H20ClF2NO2S. The summed E-state index contributed by atoms with van der Waals surface area (Å²) in [6.45, 7) is 4.35. The molecule has 1 aromatic carbocycles. The highest BCUT2D eigenvalue weighted by Crippen LogP contribution is 2.31. The number of para-hydroxylation sites is 1. The lowest BCUT2D eigenvalue weighted by Crippen LogP contribution is -2.37. The van der Waals surface area contributed by atoms with Crippen LogP contribution in [0.5, 0.6) is 0 Å². The molecule has 1 aromatic rings. The summed E-state index contributed by atoms with van der Waals surface area (Å²) < 4.78 is 49.4. The predicted octanol–water partition coefficient (Wildman–Crippen LogP) is 3.92. The number of anilines is 1. The van der Waals surface area contributed by atoms with Gasteiger partial charge >= 0.3 is 5.76 Å². The second-order valence-electron chi connectivity index (χ2n) is 4.63. The first-order valence-corrected chi connectivity index (χ1v) is 8.91. The molecule has 3 nitrogen and oxygen atoms in total. The third kappa shape index (κ3) is 4.07. The van der Waals surface area contributed by atoms with E-state index in [4.69, 9.17) is 11.6 Å². The maximum absolute atomic E-state index is 12.9. The molecule has 1 rings (SSSR count). The Morgan fingerprint density at radius 2 is 1.76 bits per heavy atom. The molecule has 0 bridgehead atoms. The van der Waals surface area contributed by atoms with E-state index in [2.05, 4.69) is 0 Å². The van der Waals surface area contributed by atoms with E-state index >= 15 is 0 Å². The molecule has 21 heavy (non-hydrogen) atoms. The van der Waals surface area contributed by atoms with Gasteiger partial charge in [0.05, 0.1) is 10.6 Å². The van der Waals surface area contributed by atoms with Crippen LogP contribution in [0.2, 0.25) is 0 Å². The van der Waals surface area contributed by atoms with Gasteiger partial charge < -0.3 is 4.90 Å². The number of nitrogens with zero attached hydrogens (tertiary/aromatic N) is 1. The second-order valence-corrected chi connectivity index (χ2v) is 6.89. The zero-order chi connectivity index (χ0) is 16.0. The number of rotatable bonds is 8. The van der Waals surface area contributed by atoms with Crippen LogP contribution < -0.4 is 4.90 Å². The van der Waals surface area contributed by atoms with E-state index in [-0.39, 0.29) is 10.9 Å². The Balaban J connectivity index is 3.40. The first-order valence-electron chi connectivity index (χ1n) is 6.83. The van der Waals surface area contributed by atoms with Crippen molar-refractivity contribution in [2.24, 2.45) is 0 Å². The van der Waals surface area contributed by atoms with Crippen LogP contribution in [0.3, 0.4) is 0 Å². The Labute approximate surface area is 129 Å². The molecule has 0 aliphatic rings. The Morgan fingerprint density at radius 1 is 1.19 bits per heavy atom. The average Bonchev–Trinajstić information content (AvgIpc) is 2.47. The van der Waals surface area contributed by atoms with Gasteiger partial charge in [-0.15, -0.1) is 11.6 Å². The lowest BCUT2D eigenvalue weighted by molar-refractivity contribution is 0.234. The zero-order valence-electron chi connectivity index (χ0n) is 12.1. The highest BCUT2D eigenvalue weighted by molar-refractivity contribution is 7.91. The van der Waals surface area contributed by atoms with Crippen molar-refractivity contribution in [2.75, 3.05) is 17.3 Å². The summed E-state index contributed by atoms with van der Waals surface area (Å²) >= 11 is 5.79. The highest BCUT2D eigenvalue weighted by atomic mass is 35.5. The molecule has 0 saturated carbocycles. The van der Waals surface area contributed by atoms with Crippen molar-refractivity contribution >= 4 is 27.1 Å². The number of alkyl halides is 3. The lowest BCUT2D eigenvalue weighted by atomic mass is 10.1. The maximum Gasteiger partial charge on any atom is 0.341 e. The zero-order valence-corrected chi connectivity index (χ0v) is 13.7. The molecule has 0 amide bonds. The van der Waals surface area contributed by atoms with Crippen molar-refractivity contribution in [1.82, 2.24) is 0 Å². The van der Waals surface area contributed by atoms with Crippen LogP contribution in [-0.4, -0.2) is 32.6 Å². The van der Waals surface area contributed by atoms with Crippen LogP contribution >= 0.6 is 11.6 Å². The molecule has 0 fully saturated rings. The van der Waals surface area contributed by atoms with Crippen LogP contribution in [0.15, 0.2) is 29.2 Å². The molecule has 0 aromatic heterocycles. The van der Waals surface area contributed by atoms with Crippen molar-refractivity contribution in [3.8, 4) is 0 Å². The van der Waals surface area contributed by atoms with Crippen molar-refractivity contribution in [1.29, 1.82) is 0 Å². The Kier molecular flexibility index (Phi) is 6.87. The molecule has 0 aliphatic heterocycles. The Hall–Kier alpha value is -0.880. The first-order chi connectivity index (χ1) is 9.89. The molecule has 0 atom stereocenters. The normalized spacial score (nSPS) is 12.1. The van der Waals surface area contributed by atoms with Gasteiger partial charge in [-0.1, -0.05) is 26.0 Å². The van der Waals surface area contributed by atoms with Crippen LogP contribution in [0, 0.1) is 0 Å². The molecule has 0 spiro atoms. The van der Waals surface area contributed by atoms with Gasteiger partial charge in [0.2, 0.25) is 9.84 Å². The summed E-state index contributed by atoms with van der Waals surface area (Å²) in [6.07, 6.45) is 1.55. The second kappa shape index (κ2) is 7.94. The number of sulfone groups is 1. The van der Waals surface area contributed by atoms with E-state index in [1.807, 2.05) is 18.7 Å². The van der Waals surface area contributed by atoms with Crippen LogP contribution in [-0.2, 0) is 9.84 Å². The van der Waals surface area contributed by atoms with Gasteiger partial charge in [0.1, 0.15) is 0 Å². The first kappa shape index (κ1) is 18.2. The monoisotopic (exact) mass is 339 g/mol. The molecule has 0 saturated heterocycles. The van der Waals surface area contributed by atoms with E-state index in [9.17, 15) is 17.2 Å². The maximum atomic E-state index is 12.9. The summed E-state index contributed by atoms with van der Waals surface area (Å²) in [5.74, 6) is -3.14. The van der Waals surface area contributed by atoms with Crippen LogP contribution in [0.4, 0.5) is 14.5 Å². The molecule has 0 aliphatic carbocycles. The smallest absolute Gasteiger partial charge is 0.341 e. The van der Waals surface area contributed by atoms with Gasteiger partial charge in [-0.25, -0.2) is 8.42 Å². The highest BCUT2D eigenvalue weighted by Gasteiger charge is 2.31. The molecule has 0 heterocycles. The number of benzene rings is 1. The van der Waals surface area contributed by atoms with E-state index in [1.54, 1.807) is 12.1 Å². The van der Waals surface area contributed by atoms with Crippen LogP contribution in [0.25, 0.3) is 0 Å². The van der Waals surface area contributed by atoms with Crippen molar-refractivity contribution < 1.29 is 17.2 Å². The van der Waals surface area contributed by atoms with E-state index in [0.29, 0.717) is 18.1 Å². The fraction of sp³-hybridized carbons (Fsp3) is 0.571. The third-order valence-electron chi connectivity index (χ3n) is 3.42. The Bertz CT molecular complexity index is 548. The molecular weight excluding hydrogens is 320 g/mol. The predicted molar refractivity (Wildman–Crippen MR) is 82.1 cm³/mol. The number of hydrogen-bond acceptors (Lipinski definition) is 3. The van der Waals surface area contributed by atoms with Crippen molar-refractivity contribution in [2.45, 2.75) is 43.4 Å². The number of hydrogen-bond donors (Lipinski definition) is 0. The molecule has 0 N–H and O–H groups in total. The van der Waals surface area contributed by atoms with Gasteiger partial charge in [0.25, 0.3) is 0 Å². The van der Waals surface area contributed by atoms with Crippen LogP contribution in [0.1, 0.15) is 26.7 Å². The standard InChI is InChI=1S/C14H20ClF2NO2S/c1-3-11(4-2)18(10-9-15)12-7-5-6-8-13(12)21(19,20)14(16)17/h5-8,11,14H,3-4,9-10H2,1-2H3. The summed E-state index contributed by atoms with van der Waals surface area (Å²) in [4.78, 5) is 1.47.